The van der Waals surface area contributed by atoms with Crippen molar-refractivity contribution in [1.29, 1.82) is 0 Å². The van der Waals surface area contributed by atoms with E-state index in [2.05, 4.69) is 0 Å². The number of hydrogen-bond acceptors (Lipinski definition) is 1. The zero-order chi connectivity index (χ0) is 12.3. The van der Waals surface area contributed by atoms with E-state index < -0.39 is 11.7 Å². The van der Waals surface area contributed by atoms with E-state index in [9.17, 15) is 18.0 Å². The molecule has 0 fully saturated rings. The van der Waals surface area contributed by atoms with Gasteiger partial charge in [0, 0.05) is 17.9 Å². The first-order valence-electron chi connectivity index (χ1n) is 4.69. The zero-order valence-corrected chi connectivity index (χ0v) is 9.32. The second-order valence-electron chi connectivity index (χ2n) is 3.28. The number of ketones is 1. The predicted octanol–water partition coefficient (Wildman–Crippen LogP) is 4.04. The number of Topliss-reactive ketones (excluding diaryl/α,β-unsaturated/α-hetero) is 1. The molecule has 0 saturated heterocycles. The van der Waals surface area contributed by atoms with E-state index in [4.69, 9.17) is 11.6 Å². The van der Waals surface area contributed by atoms with Crippen LogP contribution in [0.1, 0.15) is 34.8 Å². The Balaban J connectivity index is 3.22. The summed E-state index contributed by atoms with van der Waals surface area (Å²) in [6, 6.07) is 3.30. The van der Waals surface area contributed by atoms with Gasteiger partial charge in [0.05, 0.1) is 5.56 Å². The lowest BCUT2D eigenvalue weighted by molar-refractivity contribution is -0.138. The Bertz CT molecular complexity index is 399. The number of rotatable bonds is 3. The maximum atomic E-state index is 12.5. The first-order chi connectivity index (χ1) is 7.40. The van der Waals surface area contributed by atoms with Crippen LogP contribution in [0.2, 0.25) is 0 Å². The van der Waals surface area contributed by atoms with Crippen LogP contribution in [0.4, 0.5) is 13.2 Å². The van der Waals surface area contributed by atoms with Gasteiger partial charge < -0.3 is 0 Å². The van der Waals surface area contributed by atoms with Gasteiger partial charge in [-0.05, 0) is 17.7 Å². The summed E-state index contributed by atoms with van der Waals surface area (Å²) in [7, 11) is 0. The van der Waals surface area contributed by atoms with Crippen molar-refractivity contribution in [2.24, 2.45) is 0 Å². The van der Waals surface area contributed by atoms with E-state index in [1.807, 2.05) is 0 Å². The summed E-state index contributed by atoms with van der Waals surface area (Å²) >= 11 is 5.45. The maximum absolute atomic E-state index is 12.5. The average molecular weight is 251 g/mol. The number of carbonyl (C=O) groups is 1. The normalized spacial score (nSPS) is 11.6. The molecule has 0 heterocycles. The van der Waals surface area contributed by atoms with Crippen molar-refractivity contribution >= 4 is 17.4 Å². The summed E-state index contributed by atoms with van der Waals surface area (Å²) in [5.41, 5.74) is -0.574. The van der Waals surface area contributed by atoms with Crippen LogP contribution in [0, 0.1) is 0 Å². The molecule has 0 bridgehead atoms. The Labute approximate surface area is 96.2 Å². The molecule has 1 rings (SSSR count). The van der Waals surface area contributed by atoms with E-state index in [0.29, 0.717) is 0 Å². The monoisotopic (exact) mass is 250 g/mol. The molecule has 0 aliphatic heterocycles. The third-order valence-corrected chi connectivity index (χ3v) is 2.49. The fourth-order valence-electron chi connectivity index (χ4n) is 1.36. The van der Waals surface area contributed by atoms with Crippen LogP contribution in [0.5, 0.6) is 0 Å². The number of alkyl halides is 4. The fourth-order valence-corrected chi connectivity index (χ4v) is 1.58. The number of halogens is 4. The number of carbonyl (C=O) groups excluding carboxylic acids is 1. The van der Waals surface area contributed by atoms with Gasteiger partial charge >= 0.3 is 6.18 Å². The van der Waals surface area contributed by atoms with Crippen LogP contribution in [0.15, 0.2) is 18.2 Å². The second kappa shape index (κ2) is 4.87. The molecule has 0 radical (unpaired) electrons. The van der Waals surface area contributed by atoms with Gasteiger partial charge in [0.1, 0.15) is 0 Å². The van der Waals surface area contributed by atoms with Gasteiger partial charge in [-0.15, -0.1) is 11.6 Å². The number of hydrogen-bond donors (Lipinski definition) is 0. The highest BCUT2D eigenvalue weighted by Crippen LogP contribution is 2.33. The van der Waals surface area contributed by atoms with E-state index in [-0.39, 0.29) is 29.2 Å². The third-order valence-electron chi connectivity index (χ3n) is 2.20. The fraction of sp³-hybridized carbons (Fsp3) is 0.364. The summed E-state index contributed by atoms with van der Waals surface area (Å²) in [6.07, 6.45) is -4.18. The van der Waals surface area contributed by atoms with Crippen molar-refractivity contribution in [3.63, 3.8) is 0 Å². The van der Waals surface area contributed by atoms with Gasteiger partial charge in [0.15, 0.2) is 5.78 Å². The van der Waals surface area contributed by atoms with Crippen LogP contribution in [-0.2, 0) is 12.1 Å². The first-order valence-corrected chi connectivity index (χ1v) is 5.23. The molecule has 1 aromatic carbocycles. The molecule has 5 heteroatoms. The Morgan fingerprint density at radius 3 is 2.44 bits per heavy atom. The van der Waals surface area contributed by atoms with Crippen LogP contribution in [0.3, 0.4) is 0 Å². The van der Waals surface area contributed by atoms with Gasteiger partial charge in [-0.1, -0.05) is 13.0 Å². The Morgan fingerprint density at radius 2 is 2.00 bits per heavy atom. The summed E-state index contributed by atoms with van der Waals surface area (Å²) in [5.74, 6) is -0.459. The second-order valence-corrected chi connectivity index (χ2v) is 3.55. The highest BCUT2D eigenvalue weighted by atomic mass is 35.5. The molecule has 0 saturated carbocycles. The molecule has 1 aromatic rings. The molecule has 0 aliphatic rings. The standard InChI is InChI=1S/C11H10ClF3O/c1-2-10(16)7-3-4-9(11(13,14)15)8(5-7)6-12/h3-5H,2,6H2,1H3. The topological polar surface area (TPSA) is 17.1 Å². The van der Waals surface area contributed by atoms with Crippen molar-refractivity contribution in [2.75, 3.05) is 0 Å². The Hall–Kier alpha value is -1.03. The van der Waals surface area contributed by atoms with E-state index in [1.165, 1.54) is 12.1 Å². The summed E-state index contributed by atoms with van der Waals surface area (Å²) in [6.45, 7) is 1.65. The summed E-state index contributed by atoms with van der Waals surface area (Å²) in [5, 5.41) is 0. The van der Waals surface area contributed by atoms with Gasteiger partial charge in [-0.3, -0.25) is 4.79 Å². The number of benzene rings is 1. The van der Waals surface area contributed by atoms with Crippen LogP contribution in [-0.4, -0.2) is 5.78 Å². The highest BCUT2D eigenvalue weighted by molar-refractivity contribution is 6.17. The van der Waals surface area contributed by atoms with E-state index >= 15 is 0 Å². The molecular formula is C11H10ClF3O. The van der Waals surface area contributed by atoms with Crippen molar-refractivity contribution < 1.29 is 18.0 Å². The zero-order valence-electron chi connectivity index (χ0n) is 8.57. The molecule has 0 spiro atoms. The van der Waals surface area contributed by atoms with Crippen LogP contribution < -0.4 is 0 Å². The SMILES string of the molecule is CCC(=O)c1ccc(C(F)(F)F)c(CCl)c1. The maximum Gasteiger partial charge on any atom is 0.416 e. The predicted molar refractivity (Wildman–Crippen MR) is 55.6 cm³/mol. The first kappa shape index (κ1) is 13.0. The lowest BCUT2D eigenvalue weighted by Crippen LogP contribution is -2.10. The smallest absolute Gasteiger partial charge is 0.294 e. The minimum Gasteiger partial charge on any atom is -0.294 e. The third kappa shape index (κ3) is 2.76. The van der Waals surface area contributed by atoms with Crippen molar-refractivity contribution in [1.82, 2.24) is 0 Å². The van der Waals surface area contributed by atoms with Crippen molar-refractivity contribution in [2.45, 2.75) is 25.4 Å². The van der Waals surface area contributed by atoms with Crippen molar-refractivity contribution in [3.05, 3.63) is 34.9 Å². The molecule has 0 amide bonds. The lowest BCUT2D eigenvalue weighted by Gasteiger charge is -2.12. The van der Waals surface area contributed by atoms with Gasteiger partial charge in [-0.25, -0.2) is 0 Å². The molecular weight excluding hydrogens is 241 g/mol. The molecule has 1 nitrogen and oxygen atoms in total. The van der Waals surface area contributed by atoms with Crippen molar-refractivity contribution in [3.8, 4) is 0 Å². The molecule has 0 unspecified atom stereocenters. The average Bonchev–Trinajstić information content (AvgIpc) is 2.25. The van der Waals surface area contributed by atoms with E-state index in [0.717, 1.165) is 6.07 Å². The lowest BCUT2D eigenvalue weighted by atomic mass is 10.0. The minimum absolute atomic E-state index is 0.0616. The highest BCUT2D eigenvalue weighted by Gasteiger charge is 2.33. The summed E-state index contributed by atoms with van der Waals surface area (Å²) in [4.78, 5) is 11.3. The molecule has 0 N–H and O–H groups in total. The quantitative estimate of drug-likeness (QED) is 0.585. The van der Waals surface area contributed by atoms with Gasteiger partial charge in [-0.2, -0.15) is 13.2 Å². The van der Waals surface area contributed by atoms with Crippen LogP contribution >= 0.6 is 11.6 Å². The van der Waals surface area contributed by atoms with Crippen LogP contribution in [0.25, 0.3) is 0 Å². The van der Waals surface area contributed by atoms with Gasteiger partial charge in [0.25, 0.3) is 0 Å². The molecule has 0 aliphatic carbocycles. The van der Waals surface area contributed by atoms with Gasteiger partial charge in [0.2, 0.25) is 0 Å². The van der Waals surface area contributed by atoms with E-state index in [1.54, 1.807) is 6.92 Å². The largest absolute Gasteiger partial charge is 0.416 e. The Morgan fingerprint density at radius 1 is 1.38 bits per heavy atom. The molecule has 88 valence electrons. The molecule has 0 atom stereocenters. The molecule has 16 heavy (non-hydrogen) atoms. The minimum atomic E-state index is -4.43. The molecule has 0 aromatic heterocycles. The Kier molecular flexibility index (Phi) is 3.97. The summed E-state index contributed by atoms with van der Waals surface area (Å²) < 4.78 is 37.5.